The molecule has 2 atom stereocenters. The van der Waals surface area contributed by atoms with Gasteiger partial charge in [-0.3, -0.25) is 9.59 Å². The lowest BCUT2D eigenvalue weighted by atomic mass is 9.81. The van der Waals surface area contributed by atoms with E-state index < -0.39 is 33.2 Å². The summed E-state index contributed by atoms with van der Waals surface area (Å²) >= 11 is 1.43. The van der Waals surface area contributed by atoms with Crippen molar-refractivity contribution in [2.45, 2.75) is 61.8 Å². The number of methoxy groups -OCH3 is 1. The fourth-order valence-electron chi connectivity index (χ4n) is 5.71. The number of fused-ring (bicyclic) bond motifs is 1. The standard InChI is InChI=1S/C34H42N2O6S2/c1-5-7-18-34(6-2)23-36(26-16-12-9-13-17-26)28-20-30(43-4)29(21-31(28)44(39,40)24-34)42-22-32(37)35-27(19-33(38)41-3)25-14-10-8-11-15-25/h8-17,20-21,27H,5-7,18-19,22-24H2,1-4H3,(H,35,37). The number of sulfone groups is 1. The maximum Gasteiger partial charge on any atom is 0.307 e. The number of ether oxygens (including phenoxy) is 2. The number of esters is 1. The summed E-state index contributed by atoms with van der Waals surface area (Å²) in [5, 5.41) is 2.86. The highest BCUT2D eigenvalue weighted by atomic mass is 32.2. The smallest absolute Gasteiger partial charge is 0.307 e. The first kappa shape index (κ1) is 33.4. The number of carbonyl (C=O) groups excluding carboxylic acids is 2. The second-order valence-electron chi connectivity index (χ2n) is 11.2. The van der Waals surface area contributed by atoms with Crippen molar-refractivity contribution in [2.24, 2.45) is 5.41 Å². The molecule has 1 heterocycles. The second kappa shape index (κ2) is 15.0. The third-order valence-electron chi connectivity index (χ3n) is 8.23. The van der Waals surface area contributed by atoms with E-state index in [1.807, 2.05) is 73.0 Å². The molecule has 0 saturated heterocycles. The molecule has 0 radical (unpaired) electrons. The number of anilines is 2. The Bertz CT molecular complexity index is 1530. The summed E-state index contributed by atoms with van der Waals surface area (Å²) in [5.74, 6) is -0.531. The Labute approximate surface area is 265 Å². The molecule has 1 aliphatic heterocycles. The third kappa shape index (κ3) is 7.95. The van der Waals surface area contributed by atoms with Gasteiger partial charge in [0.2, 0.25) is 0 Å². The minimum absolute atomic E-state index is 0.0358. The van der Waals surface area contributed by atoms with E-state index in [1.165, 1.54) is 18.9 Å². The van der Waals surface area contributed by atoms with E-state index in [1.54, 1.807) is 6.07 Å². The van der Waals surface area contributed by atoms with E-state index in [9.17, 15) is 18.0 Å². The molecule has 0 bridgehead atoms. The number of benzene rings is 3. The monoisotopic (exact) mass is 638 g/mol. The Balaban J connectivity index is 1.67. The van der Waals surface area contributed by atoms with Gasteiger partial charge in [0.25, 0.3) is 5.91 Å². The van der Waals surface area contributed by atoms with Gasteiger partial charge < -0.3 is 19.7 Å². The number of hydrogen-bond acceptors (Lipinski definition) is 8. The van der Waals surface area contributed by atoms with Crippen LogP contribution in [0.2, 0.25) is 0 Å². The summed E-state index contributed by atoms with van der Waals surface area (Å²) in [5.41, 5.74) is 1.89. The number of nitrogens with zero attached hydrogens (tertiary/aromatic N) is 1. The Morgan fingerprint density at radius 2 is 1.73 bits per heavy atom. The number of amides is 1. The van der Waals surface area contributed by atoms with Crippen LogP contribution in [-0.4, -0.2) is 52.6 Å². The fourth-order valence-corrected chi connectivity index (χ4v) is 8.43. The summed E-state index contributed by atoms with van der Waals surface area (Å²) in [6, 6.07) is 21.9. The zero-order valence-corrected chi connectivity index (χ0v) is 27.5. The molecule has 1 N–H and O–H groups in total. The molecule has 4 rings (SSSR count). The molecule has 1 aliphatic rings. The largest absolute Gasteiger partial charge is 0.483 e. The molecule has 0 saturated carbocycles. The number of hydrogen-bond donors (Lipinski definition) is 1. The first-order chi connectivity index (χ1) is 21.1. The van der Waals surface area contributed by atoms with E-state index in [2.05, 4.69) is 24.1 Å². The van der Waals surface area contributed by atoms with Gasteiger partial charge in [0, 0.05) is 23.7 Å². The van der Waals surface area contributed by atoms with Gasteiger partial charge >= 0.3 is 5.97 Å². The number of carbonyl (C=O) groups is 2. The maximum atomic E-state index is 14.1. The van der Waals surface area contributed by atoms with Crippen molar-refractivity contribution in [3.63, 3.8) is 0 Å². The molecule has 0 spiro atoms. The topological polar surface area (TPSA) is 102 Å². The summed E-state index contributed by atoms with van der Waals surface area (Å²) in [6.45, 7) is 4.43. The molecule has 10 heteroatoms. The van der Waals surface area contributed by atoms with Crippen molar-refractivity contribution in [1.29, 1.82) is 0 Å². The highest BCUT2D eigenvalue weighted by Crippen LogP contribution is 2.47. The van der Waals surface area contributed by atoms with Crippen LogP contribution >= 0.6 is 11.8 Å². The summed E-state index contributed by atoms with van der Waals surface area (Å²) in [4.78, 5) is 28.2. The average molecular weight is 639 g/mol. The number of para-hydroxylation sites is 1. The van der Waals surface area contributed by atoms with E-state index in [-0.39, 0.29) is 23.7 Å². The lowest BCUT2D eigenvalue weighted by Crippen LogP contribution is -2.37. The van der Waals surface area contributed by atoms with Crippen LogP contribution in [0.3, 0.4) is 0 Å². The van der Waals surface area contributed by atoms with E-state index in [4.69, 9.17) is 9.47 Å². The lowest BCUT2D eigenvalue weighted by Gasteiger charge is -2.36. The number of nitrogens with one attached hydrogen (secondary N) is 1. The molecule has 2 unspecified atom stereocenters. The van der Waals surface area contributed by atoms with Crippen molar-refractivity contribution in [2.75, 3.05) is 37.2 Å². The Hall–Kier alpha value is -3.50. The van der Waals surface area contributed by atoms with Gasteiger partial charge in [-0.2, -0.15) is 0 Å². The van der Waals surface area contributed by atoms with Crippen molar-refractivity contribution in [1.82, 2.24) is 5.32 Å². The van der Waals surface area contributed by atoms with Crippen LogP contribution in [0.25, 0.3) is 0 Å². The van der Waals surface area contributed by atoms with Crippen molar-refractivity contribution >= 4 is 44.9 Å². The number of unbranched alkanes of at least 4 members (excludes halogenated alkanes) is 1. The quantitative estimate of drug-likeness (QED) is 0.163. The first-order valence-electron chi connectivity index (χ1n) is 15.0. The lowest BCUT2D eigenvalue weighted by molar-refractivity contribution is -0.141. The van der Waals surface area contributed by atoms with Crippen LogP contribution < -0.4 is 15.0 Å². The fraction of sp³-hybridized carbons (Fsp3) is 0.412. The van der Waals surface area contributed by atoms with Crippen molar-refractivity contribution in [3.05, 3.63) is 78.4 Å². The zero-order valence-electron chi connectivity index (χ0n) is 25.9. The zero-order chi connectivity index (χ0) is 31.7. The van der Waals surface area contributed by atoms with Crippen LogP contribution in [0.4, 0.5) is 11.4 Å². The molecule has 8 nitrogen and oxygen atoms in total. The molecular formula is C34H42N2O6S2. The summed E-state index contributed by atoms with van der Waals surface area (Å²) in [6.07, 6.45) is 5.33. The molecular weight excluding hydrogens is 597 g/mol. The predicted octanol–water partition coefficient (Wildman–Crippen LogP) is 6.72. The number of thioether (sulfide) groups is 1. The molecule has 1 amide bonds. The molecule has 0 aromatic heterocycles. The highest BCUT2D eigenvalue weighted by molar-refractivity contribution is 7.98. The van der Waals surface area contributed by atoms with Gasteiger partial charge in [-0.05, 0) is 42.9 Å². The van der Waals surface area contributed by atoms with Crippen LogP contribution in [-0.2, 0) is 24.2 Å². The molecule has 3 aromatic rings. The first-order valence-corrected chi connectivity index (χ1v) is 17.8. The predicted molar refractivity (Wildman–Crippen MR) is 175 cm³/mol. The summed E-state index contributed by atoms with van der Waals surface area (Å²) < 4.78 is 39.1. The molecule has 0 aliphatic carbocycles. The van der Waals surface area contributed by atoms with Gasteiger partial charge in [0.15, 0.2) is 16.4 Å². The second-order valence-corrected chi connectivity index (χ2v) is 14.0. The normalized spacial score (nSPS) is 18.0. The Kier molecular flexibility index (Phi) is 11.4. The van der Waals surface area contributed by atoms with Gasteiger partial charge in [-0.25, -0.2) is 8.42 Å². The highest BCUT2D eigenvalue weighted by Gasteiger charge is 2.42. The average Bonchev–Trinajstić information content (AvgIpc) is 3.14. The molecule has 3 aromatic carbocycles. The van der Waals surface area contributed by atoms with E-state index >= 15 is 0 Å². The minimum Gasteiger partial charge on any atom is -0.483 e. The molecule has 44 heavy (non-hydrogen) atoms. The van der Waals surface area contributed by atoms with Crippen LogP contribution in [0.15, 0.2) is 82.6 Å². The van der Waals surface area contributed by atoms with E-state index in [0.717, 1.165) is 41.8 Å². The Morgan fingerprint density at radius 3 is 2.34 bits per heavy atom. The molecule has 236 valence electrons. The van der Waals surface area contributed by atoms with Gasteiger partial charge in [0.1, 0.15) is 5.75 Å². The van der Waals surface area contributed by atoms with Crippen molar-refractivity contribution < 1.29 is 27.5 Å². The van der Waals surface area contributed by atoms with E-state index in [0.29, 0.717) is 18.0 Å². The van der Waals surface area contributed by atoms with Gasteiger partial charge in [-0.15, -0.1) is 11.8 Å². The molecule has 0 fully saturated rings. The van der Waals surface area contributed by atoms with Gasteiger partial charge in [-0.1, -0.05) is 75.2 Å². The third-order valence-corrected chi connectivity index (χ3v) is 11.0. The maximum absolute atomic E-state index is 14.1. The number of rotatable bonds is 13. The summed E-state index contributed by atoms with van der Waals surface area (Å²) in [7, 11) is -2.41. The van der Waals surface area contributed by atoms with Crippen LogP contribution in [0.5, 0.6) is 5.75 Å². The Morgan fingerprint density at radius 1 is 1.05 bits per heavy atom. The van der Waals surface area contributed by atoms with Crippen molar-refractivity contribution in [3.8, 4) is 5.75 Å². The van der Waals surface area contributed by atoms with Gasteiger partial charge in [0.05, 0.1) is 40.8 Å². The SMILES string of the molecule is CCCCC1(CC)CN(c2ccccc2)c2cc(SC)c(OCC(=O)NC(CC(=O)OC)c3ccccc3)cc2S(=O)(=O)C1. The van der Waals surface area contributed by atoms with Crippen LogP contribution in [0.1, 0.15) is 57.6 Å². The van der Waals surface area contributed by atoms with Crippen LogP contribution in [0, 0.1) is 5.41 Å². The minimum atomic E-state index is -3.71.